The van der Waals surface area contributed by atoms with Crippen molar-refractivity contribution in [3.8, 4) is 5.75 Å². The molecule has 7 heteroatoms. The summed E-state index contributed by atoms with van der Waals surface area (Å²) < 4.78 is 18.6. The number of fused-ring (bicyclic) bond motifs is 1. The molecule has 1 aliphatic rings. The number of amides is 2. The topological polar surface area (TPSA) is 58.6 Å². The second kappa shape index (κ2) is 7.57. The van der Waals surface area contributed by atoms with E-state index in [4.69, 9.17) is 4.74 Å². The Morgan fingerprint density at radius 2 is 1.96 bits per heavy atom. The quantitative estimate of drug-likeness (QED) is 0.851. The number of carbonyl (C=O) groups is 2. The molecular formula is C18H17FN2O3S. The average Bonchev–Trinajstić information content (AvgIpc) is 2.65. The molecule has 0 saturated carbocycles. The van der Waals surface area contributed by atoms with Gasteiger partial charge in [0.1, 0.15) is 11.6 Å². The van der Waals surface area contributed by atoms with Crippen molar-refractivity contribution in [1.82, 2.24) is 5.32 Å². The summed E-state index contributed by atoms with van der Waals surface area (Å²) >= 11 is 1.32. The van der Waals surface area contributed by atoms with E-state index in [2.05, 4.69) is 5.32 Å². The summed E-state index contributed by atoms with van der Waals surface area (Å²) in [5.41, 5.74) is 0.646. The molecule has 0 bridgehead atoms. The van der Waals surface area contributed by atoms with Crippen LogP contribution in [0.5, 0.6) is 5.75 Å². The van der Waals surface area contributed by atoms with Crippen LogP contribution < -0.4 is 15.0 Å². The second-order valence-corrected chi connectivity index (χ2v) is 6.48. The van der Waals surface area contributed by atoms with Crippen molar-refractivity contribution in [2.75, 3.05) is 24.2 Å². The zero-order valence-electron chi connectivity index (χ0n) is 13.6. The summed E-state index contributed by atoms with van der Waals surface area (Å²) in [4.78, 5) is 27.0. The predicted octanol–water partition coefficient (Wildman–Crippen LogP) is 2.46. The fourth-order valence-corrected chi connectivity index (χ4v) is 3.30. The molecule has 0 unspecified atom stereocenters. The maximum absolute atomic E-state index is 13.0. The van der Waals surface area contributed by atoms with Crippen LogP contribution in [0.2, 0.25) is 0 Å². The minimum absolute atomic E-state index is 0.140. The number of nitrogens with zero attached hydrogens (tertiary/aromatic N) is 1. The number of halogens is 1. The third-order valence-corrected chi connectivity index (χ3v) is 4.79. The minimum atomic E-state index is -0.750. The zero-order chi connectivity index (χ0) is 17.8. The Balaban J connectivity index is 1.75. The van der Waals surface area contributed by atoms with Crippen molar-refractivity contribution < 1.29 is 18.7 Å². The van der Waals surface area contributed by atoms with Gasteiger partial charge in [-0.05, 0) is 36.4 Å². The highest BCUT2D eigenvalue weighted by molar-refractivity contribution is 8.00. The summed E-state index contributed by atoms with van der Waals surface area (Å²) in [7, 11) is 1.53. The summed E-state index contributed by atoms with van der Waals surface area (Å²) in [6, 6.07) is 13.1. The molecule has 130 valence electrons. The zero-order valence-corrected chi connectivity index (χ0v) is 14.4. The number of carbonyl (C=O) groups excluding carboxylic acids is 2. The Hall–Kier alpha value is -2.54. The molecular weight excluding hydrogens is 343 g/mol. The van der Waals surface area contributed by atoms with Crippen molar-refractivity contribution in [3.63, 3.8) is 0 Å². The van der Waals surface area contributed by atoms with Gasteiger partial charge in [-0.1, -0.05) is 12.1 Å². The molecule has 0 radical (unpaired) electrons. The molecule has 0 spiro atoms. The van der Waals surface area contributed by atoms with Gasteiger partial charge in [0, 0.05) is 11.9 Å². The Morgan fingerprint density at radius 3 is 2.68 bits per heavy atom. The smallest absolute Gasteiger partial charge is 0.262 e. The fourth-order valence-electron chi connectivity index (χ4n) is 2.52. The Kier molecular flexibility index (Phi) is 5.23. The van der Waals surface area contributed by atoms with Crippen LogP contribution in [0.4, 0.5) is 10.1 Å². The lowest BCUT2D eigenvalue weighted by Gasteiger charge is -2.34. The van der Waals surface area contributed by atoms with Crippen LogP contribution >= 0.6 is 11.8 Å². The van der Waals surface area contributed by atoms with E-state index in [1.807, 2.05) is 6.07 Å². The standard InChI is InChI=1S/C18H17FN2O3S/c1-20-18(23)16-10-21(14-4-2-3-5-15(14)24-16)17(22)11-25-13-8-6-12(19)7-9-13/h2-9,16H,10-11H2,1H3,(H,20,23)/t16-/m0/s1. The van der Waals surface area contributed by atoms with Crippen LogP contribution in [0.25, 0.3) is 0 Å². The van der Waals surface area contributed by atoms with Gasteiger partial charge in [0.05, 0.1) is 18.0 Å². The monoisotopic (exact) mass is 360 g/mol. The summed E-state index contributed by atoms with van der Waals surface area (Å²) in [6.07, 6.45) is -0.750. The van der Waals surface area contributed by atoms with Crippen molar-refractivity contribution >= 4 is 29.3 Å². The molecule has 5 nitrogen and oxygen atoms in total. The van der Waals surface area contributed by atoms with Gasteiger partial charge in [-0.25, -0.2) is 4.39 Å². The molecule has 1 N–H and O–H groups in total. The first-order valence-corrected chi connectivity index (χ1v) is 8.73. The molecule has 0 aromatic heterocycles. The van der Waals surface area contributed by atoms with Gasteiger partial charge in [-0.3, -0.25) is 9.59 Å². The Labute approximate surface area is 149 Å². The van der Waals surface area contributed by atoms with Crippen LogP contribution in [-0.4, -0.2) is 37.3 Å². The molecule has 2 amide bonds. The van der Waals surface area contributed by atoms with Crippen molar-refractivity contribution in [2.45, 2.75) is 11.0 Å². The van der Waals surface area contributed by atoms with E-state index >= 15 is 0 Å². The van der Waals surface area contributed by atoms with Gasteiger partial charge in [-0.15, -0.1) is 11.8 Å². The number of benzene rings is 2. The first-order chi connectivity index (χ1) is 12.1. The van der Waals surface area contributed by atoms with Crippen molar-refractivity contribution in [2.24, 2.45) is 0 Å². The number of anilines is 1. The third-order valence-electron chi connectivity index (χ3n) is 3.79. The van der Waals surface area contributed by atoms with Crippen LogP contribution in [0.15, 0.2) is 53.4 Å². The normalized spacial score (nSPS) is 15.9. The molecule has 2 aromatic rings. The number of nitrogens with one attached hydrogen (secondary N) is 1. The van der Waals surface area contributed by atoms with E-state index in [1.54, 1.807) is 35.2 Å². The molecule has 1 aliphatic heterocycles. The largest absolute Gasteiger partial charge is 0.477 e. The van der Waals surface area contributed by atoms with E-state index in [9.17, 15) is 14.0 Å². The van der Waals surface area contributed by atoms with Crippen LogP contribution in [0, 0.1) is 5.82 Å². The second-order valence-electron chi connectivity index (χ2n) is 5.44. The number of hydrogen-bond acceptors (Lipinski definition) is 4. The van der Waals surface area contributed by atoms with Gasteiger partial charge < -0.3 is 15.0 Å². The third kappa shape index (κ3) is 3.93. The van der Waals surface area contributed by atoms with Gasteiger partial charge in [-0.2, -0.15) is 0 Å². The SMILES string of the molecule is CNC(=O)[C@@H]1CN(C(=O)CSc2ccc(F)cc2)c2ccccc2O1. The molecule has 2 aromatic carbocycles. The number of para-hydroxylation sites is 2. The van der Waals surface area contributed by atoms with E-state index in [1.165, 1.54) is 30.9 Å². The molecule has 0 saturated heterocycles. The molecule has 1 heterocycles. The highest BCUT2D eigenvalue weighted by Crippen LogP contribution is 2.34. The summed E-state index contributed by atoms with van der Waals surface area (Å²) in [6.45, 7) is 0.152. The maximum atomic E-state index is 13.0. The molecule has 3 rings (SSSR count). The van der Waals surface area contributed by atoms with Gasteiger partial charge in [0.25, 0.3) is 5.91 Å². The summed E-state index contributed by atoms with van der Waals surface area (Å²) in [5.74, 6) is -0.0494. The van der Waals surface area contributed by atoms with Crippen LogP contribution in [0.1, 0.15) is 0 Å². The Bertz CT molecular complexity index is 782. The van der Waals surface area contributed by atoms with E-state index in [-0.39, 0.29) is 29.9 Å². The molecule has 1 atom stereocenters. The predicted molar refractivity (Wildman–Crippen MR) is 94.4 cm³/mol. The van der Waals surface area contributed by atoms with Crippen LogP contribution in [-0.2, 0) is 9.59 Å². The number of thioether (sulfide) groups is 1. The lowest BCUT2D eigenvalue weighted by molar-refractivity contribution is -0.127. The molecule has 0 aliphatic carbocycles. The van der Waals surface area contributed by atoms with E-state index < -0.39 is 6.10 Å². The van der Waals surface area contributed by atoms with Gasteiger partial charge in [0.15, 0.2) is 6.10 Å². The number of likely N-dealkylation sites (N-methyl/N-ethyl adjacent to an activating group) is 1. The molecule has 25 heavy (non-hydrogen) atoms. The number of ether oxygens (including phenoxy) is 1. The fraction of sp³-hybridized carbons (Fsp3) is 0.222. The lowest BCUT2D eigenvalue weighted by atomic mass is 10.2. The summed E-state index contributed by atoms with van der Waals surface area (Å²) in [5, 5.41) is 2.55. The maximum Gasteiger partial charge on any atom is 0.262 e. The first-order valence-electron chi connectivity index (χ1n) is 7.74. The van der Waals surface area contributed by atoms with Crippen molar-refractivity contribution in [1.29, 1.82) is 0 Å². The lowest BCUT2D eigenvalue weighted by Crippen LogP contribution is -2.50. The van der Waals surface area contributed by atoms with Crippen molar-refractivity contribution in [3.05, 3.63) is 54.3 Å². The van der Waals surface area contributed by atoms with Crippen LogP contribution in [0.3, 0.4) is 0 Å². The van der Waals surface area contributed by atoms with Gasteiger partial charge in [0.2, 0.25) is 5.91 Å². The highest BCUT2D eigenvalue weighted by atomic mass is 32.2. The highest BCUT2D eigenvalue weighted by Gasteiger charge is 2.33. The number of hydrogen-bond donors (Lipinski definition) is 1. The first kappa shape index (κ1) is 17.3. The van der Waals surface area contributed by atoms with Gasteiger partial charge >= 0.3 is 0 Å². The average molecular weight is 360 g/mol. The number of rotatable bonds is 4. The minimum Gasteiger partial charge on any atom is -0.477 e. The van der Waals surface area contributed by atoms with E-state index in [0.717, 1.165) is 4.90 Å². The Morgan fingerprint density at radius 1 is 1.24 bits per heavy atom. The van der Waals surface area contributed by atoms with E-state index in [0.29, 0.717) is 11.4 Å². The molecule has 0 fully saturated rings.